The van der Waals surface area contributed by atoms with Gasteiger partial charge in [0.1, 0.15) is 0 Å². The van der Waals surface area contributed by atoms with Gasteiger partial charge in [0.2, 0.25) is 0 Å². The summed E-state index contributed by atoms with van der Waals surface area (Å²) in [6.07, 6.45) is 1.50. The molecule has 0 saturated heterocycles. The molecular formula is C11H7F3S2. The van der Waals surface area contributed by atoms with Gasteiger partial charge in [0.25, 0.3) is 0 Å². The molecule has 84 valence electrons. The molecule has 0 saturated carbocycles. The van der Waals surface area contributed by atoms with E-state index < -0.39 is 5.51 Å². The number of hydrogen-bond acceptors (Lipinski definition) is 2. The zero-order valence-corrected chi connectivity index (χ0v) is 9.62. The second-order valence-corrected chi connectivity index (χ2v) is 4.94. The van der Waals surface area contributed by atoms with Crippen LogP contribution in [0.2, 0.25) is 0 Å². The SMILES string of the molecule is FC(F)(F)S/C=C\c1csc2ccccc12. The molecule has 1 aromatic heterocycles. The Kier molecular flexibility index (Phi) is 3.25. The van der Waals surface area contributed by atoms with Gasteiger partial charge in [-0.1, -0.05) is 18.2 Å². The van der Waals surface area contributed by atoms with Gasteiger partial charge in [-0.05, 0) is 45.6 Å². The van der Waals surface area contributed by atoms with E-state index in [9.17, 15) is 13.2 Å². The normalized spacial score (nSPS) is 12.7. The predicted molar refractivity (Wildman–Crippen MR) is 64.5 cm³/mol. The largest absolute Gasteiger partial charge is 0.445 e. The molecule has 0 spiro atoms. The zero-order chi connectivity index (χ0) is 11.6. The third-order valence-corrected chi connectivity index (χ3v) is 3.48. The van der Waals surface area contributed by atoms with Crippen molar-refractivity contribution in [2.24, 2.45) is 0 Å². The van der Waals surface area contributed by atoms with Gasteiger partial charge in [-0.3, -0.25) is 0 Å². The lowest BCUT2D eigenvalue weighted by Gasteiger charge is -1.98. The van der Waals surface area contributed by atoms with Gasteiger partial charge in [-0.25, -0.2) is 0 Å². The first-order valence-corrected chi connectivity index (χ1v) is 6.19. The van der Waals surface area contributed by atoms with Crippen LogP contribution in [0.1, 0.15) is 5.56 Å². The first-order valence-electron chi connectivity index (χ1n) is 4.43. The van der Waals surface area contributed by atoms with Crippen LogP contribution in [0, 0.1) is 0 Å². The van der Waals surface area contributed by atoms with E-state index in [1.165, 1.54) is 17.4 Å². The Balaban J connectivity index is 2.22. The fourth-order valence-corrected chi connectivity index (χ4v) is 2.61. The van der Waals surface area contributed by atoms with E-state index in [1.807, 2.05) is 29.6 Å². The molecule has 0 atom stereocenters. The van der Waals surface area contributed by atoms with Crippen LogP contribution < -0.4 is 0 Å². The molecule has 1 heterocycles. The summed E-state index contributed by atoms with van der Waals surface area (Å²) in [7, 11) is 0. The van der Waals surface area contributed by atoms with E-state index in [0.29, 0.717) is 0 Å². The number of rotatable bonds is 2. The molecular weight excluding hydrogens is 253 g/mol. The Morgan fingerprint density at radius 2 is 1.94 bits per heavy atom. The number of alkyl halides is 3. The van der Waals surface area contributed by atoms with Crippen LogP contribution in [0.4, 0.5) is 13.2 Å². The van der Waals surface area contributed by atoms with Gasteiger partial charge in [-0.2, -0.15) is 13.2 Å². The summed E-state index contributed by atoms with van der Waals surface area (Å²) in [6, 6.07) is 7.65. The summed E-state index contributed by atoms with van der Waals surface area (Å²) in [5.74, 6) is 0. The van der Waals surface area contributed by atoms with E-state index >= 15 is 0 Å². The number of benzene rings is 1. The highest BCUT2D eigenvalue weighted by Crippen LogP contribution is 2.33. The van der Waals surface area contributed by atoms with Crippen molar-refractivity contribution < 1.29 is 13.2 Å². The van der Waals surface area contributed by atoms with Gasteiger partial charge >= 0.3 is 5.51 Å². The maximum absolute atomic E-state index is 11.9. The van der Waals surface area contributed by atoms with Crippen molar-refractivity contribution in [3.05, 3.63) is 40.6 Å². The molecule has 0 aliphatic heterocycles. The van der Waals surface area contributed by atoms with Crippen LogP contribution >= 0.6 is 23.1 Å². The highest BCUT2D eigenvalue weighted by Gasteiger charge is 2.26. The van der Waals surface area contributed by atoms with Gasteiger partial charge in [-0.15, -0.1) is 11.3 Å². The zero-order valence-electron chi connectivity index (χ0n) is 7.99. The molecule has 0 N–H and O–H groups in total. The van der Waals surface area contributed by atoms with Crippen LogP contribution in [0.25, 0.3) is 16.2 Å². The van der Waals surface area contributed by atoms with Crippen molar-refractivity contribution in [3.8, 4) is 0 Å². The average Bonchev–Trinajstić information content (AvgIpc) is 2.60. The molecule has 0 amide bonds. The summed E-state index contributed by atoms with van der Waals surface area (Å²) in [5.41, 5.74) is -3.38. The third-order valence-electron chi connectivity index (χ3n) is 1.96. The third kappa shape index (κ3) is 2.80. The lowest BCUT2D eigenvalue weighted by molar-refractivity contribution is -0.0319. The van der Waals surface area contributed by atoms with Crippen molar-refractivity contribution in [2.45, 2.75) is 5.51 Å². The molecule has 0 aliphatic carbocycles. The average molecular weight is 260 g/mol. The summed E-state index contributed by atoms with van der Waals surface area (Å²) in [5, 5.41) is 3.93. The van der Waals surface area contributed by atoms with E-state index in [4.69, 9.17) is 0 Å². The van der Waals surface area contributed by atoms with Crippen molar-refractivity contribution in [2.75, 3.05) is 0 Å². The predicted octanol–water partition coefficient (Wildman–Crippen LogP) is 5.13. The number of thioether (sulfide) groups is 1. The van der Waals surface area contributed by atoms with Gasteiger partial charge in [0.05, 0.1) is 0 Å². The second-order valence-electron chi connectivity index (χ2n) is 3.05. The lowest BCUT2D eigenvalue weighted by Crippen LogP contribution is -1.96. The number of hydrogen-bond donors (Lipinski definition) is 0. The van der Waals surface area contributed by atoms with Crippen molar-refractivity contribution in [3.63, 3.8) is 0 Å². The minimum Gasteiger partial charge on any atom is -0.160 e. The lowest BCUT2D eigenvalue weighted by atomic mass is 10.2. The Morgan fingerprint density at radius 1 is 1.19 bits per heavy atom. The first-order chi connectivity index (χ1) is 7.56. The molecule has 0 nitrogen and oxygen atoms in total. The van der Waals surface area contributed by atoms with Crippen LogP contribution in [0.3, 0.4) is 0 Å². The van der Waals surface area contributed by atoms with Gasteiger partial charge in [0, 0.05) is 4.70 Å². The Morgan fingerprint density at radius 3 is 2.69 bits per heavy atom. The summed E-state index contributed by atoms with van der Waals surface area (Å²) in [4.78, 5) is 0. The molecule has 2 rings (SSSR count). The second kappa shape index (κ2) is 4.51. The number of halogens is 3. The van der Waals surface area contributed by atoms with E-state index in [1.54, 1.807) is 0 Å². The van der Waals surface area contributed by atoms with Crippen LogP contribution in [-0.2, 0) is 0 Å². The highest BCUT2D eigenvalue weighted by molar-refractivity contribution is 8.03. The molecule has 0 aliphatic rings. The number of thiophene rings is 1. The fourth-order valence-electron chi connectivity index (χ4n) is 1.31. The molecule has 0 fully saturated rings. The van der Waals surface area contributed by atoms with Gasteiger partial charge < -0.3 is 0 Å². The van der Waals surface area contributed by atoms with E-state index in [-0.39, 0.29) is 11.8 Å². The molecule has 1 aromatic carbocycles. The molecule has 2 aromatic rings. The topological polar surface area (TPSA) is 0 Å². The Labute approximate surface area is 98.8 Å². The van der Waals surface area contributed by atoms with Crippen LogP contribution in [0.5, 0.6) is 0 Å². The van der Waals surface area contributed by atoms with E-state index in [2.05, 4.69) is 0 Å². The smallest absolute Gasteiger partial charge is 0.160 e. The molecule has 0 radical (unpaired) electrons. The highest BCUT2D eigenvalue weighted by atomic mass is 32.2. The van der Waals surface area contributed by atoms with Crippen molar-refractivity contribution >= 4 is 39.3 Å². The number of fused-ring (bicyclic) bond motifs is 1. The maximum Gasteiger partial charge on any atom is 0.445 e. The van der Waals surface area contributed by atoms with Gasteiger partial charge in [0.15, 0.2) is 0 Å². The first kappa shape index (κ1) is 11.5. The molecule has 16 heavy (non-hydrogen) atoms. The summed E-state index contributed by atoms with van der Waals surface area (Å²) >= 11 is 1.39. The summed E-state index contributed by atoms with van der Waals surface area (Å²) < 4.78 is 36.8. The van der Waals surface area contributed by atoms with E-state index in [0.717, 1.165) is 21.1 Å². The Hall–Kier alpha value is -0.940. The minimum absolute atomic E-state index is 0.136. The van der Waals surface area contributed by atoms with Crippen LogP contribution in [0.15, 0.2) is 35.1 Å². The monoisotopic (exact) mass is 260 g/mol. The molecule has 0 bridgehead atoms. The maximum atomic E-state index is 11.9. The molecule has 0 unspecified atom stereocenters. The van der Waals surface area contributed by atoms with Crippen LogP contribution in [-0.4, -0.2) is 5.51 Å². The standard InChI is InChI=1S/C11H7F3S2/c12-11(13,14)16-6-5-8-7-15-10-4-2-1-3-9(8)10/h1-7H/b6-5-. The molecule has 5 heteroatoms. The van der Waals surface area contributed by atoms with Crippen molar-refractivity contribution in [1.82, 2.24) is 0 Å². The Bertz CT molecular complexity index is 511. The fraction of sp³-hybridized carbons (Fsp3) is 0.0909. The van der Waals surface area contributed by atoms with Crippen molar-refractivity contribution in [1.29, 1.82) is 0 Å². The quantitative estimate of drug-likeness (QED) is 0.721. The summed E-state index contributed by atoms with van der Waals surface area (Å²) in [6.45, 7) is 0. The minimum atomic E-state index is -4.21.